The lowest BCUT2D eigenvalue weighted by Crippen LogP contribution is -2.52. The Morgan fingerprint density at radius 3 is 1.07 bits per heavy atom. The lowest BCUT2D eigenvalue weighted by atomic mass is 9.87. The molecule has 0 aromatic carbocycles. The second kappa shape index (κ2) is 51.1. The van der Waals surface area contributed by atoms with Gasteiger partial charge in [-0.25, -0.2) is 29.6 Å². The Hall–Kier alpha value is -2.10. The summed E-state index contributed by atoms with van der Waals surface area (Å²) in [4.78, 5) is 44.7. The van der Waals surface area contributed by atoms with Gasteiger partial charge in [-0.05, 0) is 247 Å². The summed E-state index contributed by atoms with van der Waals surface area (Å²) in [6.07, 6.45) is 12.0. The highest BCUT2D eigenvalue weighted by atomic mass is 32.2. The van der Waals surface area contributed by atoms with Gasteiger partial charge in [-0.15, -0.1) is 0 Å². The van der Waals surface area contributed by atoms with E-state index >= 15 is 0 Å². The van der Waals surface area contributed by atoms with E-state index < -0.39 is 44.1 Å². The average molecular weight is 1600 g/mol. The summed E-state index contributed by atoms with van der Waals surface area (Å²) in [6, 6.07) is 0.741. The van der Waals surface area contributed by atoms with Gasteiger partial charge in [0.25, 0.3) is 0 Å². The first-order valence-corrected chi connectivity index (χ1v) is 45.7. The third-order valence-corrected chi connectivity index (χ3v) is 27.7. The second-order valence-electron chi connectivity index (χ2n) is 39.2. The van der Waals surface area contributed by atoms with Gasteiger partial charge < -0.3 is 38.9 Å². The summed E-state index contributed by atoms with van der Waals surface area (Å²) in [5.41, 5.74) is 1.48. The molecule has 0 radical (unpaired) electrons. The molecule has 24 heteroatoms. The Kier molecular flexibility index (Phi) is 53.1. The number of piperidine rings is 1. The van der Waals surface area contributed by atoms with Crippen LogP contribution < -0.4 is 0 Å². The molecule has 0 N–H and O–H groups in total. The minimum Gasteiger partial charge on any atom is -0.482 e. The summed E-state index contributed by atoms with van der Waals surface area (Å²) in [6.45, 7) is 89.9. The average Bonchev–Trinajstić information content (AvgIpc) is 1.06. The van der Waals surface area contributed by atoms with Gasteiger partial charge in [0.05, 0.1) is 39.2 Å². The smallest absolute Gasteiger partial charge is 0.227 e. The van der Waals surface area contributed by atoms with E-state index in [0.29, 0.717) is 59.9 Å². The van der Waals surface area contributed by atoms with Crippen molar-refractivity contribution >= 4 is 48.1 Å². The van der Waals surface area contributed by atoms with Gasteiger partial charge >= 0.3 is 0 Å². The topological polar surface area (TPSA) is 200 Å². The minimum atomic E-state index is -3.12. The maximum atomic E-state index is 12.1. The van der Waals surface area contributed by atoms with Crippen molar-refractivity contribution < 1.29 is 44.3 Å². The molecule has 9 aliphatic heterocycles. The van der Waals surface area contributed by atoms with Crippen LogP contribution in [0.5, 0.6) is 0 Å². The standard InChI is InChI=1S/C10H21NO2S.C10H21N.C9H20N2O2S.C9H20N2.C9H17NO.C8H17NO2S.C8H17NO.C8H15NO.C5H12.C3H5NO.2C2H6.CH4/c1-10(2,3)14(12,13)9-5-7-11(4)8-6-9;1-9(10(2,3)4)11-7-5-6-8-11;1-9(2,3)14(12,13)11-7-5-10(4)6-8-11;1-9(2,3)11-7-5-10(4)6-8-11;1-9(2,3)8(11)10-6-4-5-7-10;1-8(2,3)12(10,11)9-6-4-5-7-9;1-8(2,3)9-4-6-10-7-5-9;1-8(2,3)9-6-4-5-7(9)10;1-5(2,3)4;1-2-5-3-4-1;2*1-2;/h9H,5-8H2,1-4H3;9H,5-8H2,1-4H3;5-8H2,1-4H3;5-8H2,1-4H3;4-7H2,1-3H3;4-7H2,1-3H3;4-7H2,1-3H3;4-6H2,1-3H3;1-4H3;3H,1-2H2;2*1-2H3;1H4. The van der Waals surface area contributed by atoms with Crippen LogP contribution in [0.3, 0.4) is 0 Å². The first-order chi connectivity index (χ1) is 48.5. The number of ether oxygens (including phenoxy) is 2. The Morgan fingerprint density at radius 1 is 0.444 bits per heavy atom. The van der Waals surface area contributed by atoms with E-state index in [9.17, 15) is 34.8 Å². The zero-order chi connectivity index (χ0) is 84.2. The molecule has 21 nitrogen and oxygen atoms in total. The highest BCUT2D eigenvalue weighted by molar-refractivity contribution is 7.93. The Bertz CT molecular complexity index is 2640. The number of morpholine rings is 1. The van der Waals surface area contributed by atoms with Gasteiger partial charge in [0.2, 0.25) is 31.9 Å². The molecule has 650 valence electrons. The van der Waals surface area contributed by atoms with Crippen LogP contribution in [0.25, 0.3) is 0 Å². The maximum Gasteiger partial charge on any atom is 0.227 e. The zero-order valence-electron chi connectivity index (χ0n) is 76.8. The highest BCUT2D eigenvalue weighted by Gasteiger charge is 2.40. The maximum absolute atomic E-state index is 12.1. The third-order valence-electron chi connectivity index (χ3n) is 19.5. The van der Waals surface area contributed by atoms with E-state index in [4.69, 9.17) is 4.74 Å². The summed E-state index contributed by atoms with van der Waals surface area (Å²) < 4.78 is 83.0. The van der Waals surface area contributed by atoms with E-state index in [1.807, 2.05) is 72.4 Å². The van der Waals surface area contributed by atoms with Crippen molar-refractivity contribution in [3.8, 4) is 0 Å². The number of likely N-dealkylation sites (tertiary alicyclic amines) is 4. The number of rotatable bonds is 4. The fourth-order valence-corrected chi connectivity index (χ4v) is 16.7. The van der Waals surface area contributed by atoms with E-state index in [1.54, 1.807) is 70.9 Å². The summed E-state index contributed by atoms with van der Waals surface area (Å²) in [5, 5.41) is -0.126. The summed E-state index contributed by atoms with van der Waals surface area (Å²) in [7, 11) is -2.86. The fraction of sp³-hybridized carbons (Fsp3) is 0.964. The third kappa shape index (κ3) is 45.9. The predicted molar refractivity (Wildman–Crippen MR) is 467 cm³/mol. The van der Waals surface area contributed by atoms with Crippen molar-refractivity contribution in [3.63, 3.8) is 0 Å². The quantitative estimate of drug-likeness (QED) is 0.257. The molecule has 0 aliphatic carbocycles. The molecule has 1 atom stereocenters. The fourth-order valence-electron chi connectivity index (χ4n) is 11.9. The molecule has 0 spiro atoms. The lowest BCUT2D eigenvalue weighted by molar-refractivity contribution is -0.138. The SMILES string of the molecule is C.C1=NCCO1.CC.CC.CC(C)(C)C.CC(C)(C)C(=O)N1CCCC1.CC(C)(C)N1CCCC1=O.CC(C)(C)N1CCOCC1.CC(C)(C)S(=O)(=O)N1CCCC1.CC(N1CCCC1)C(C)(C)C.CN1CCC(S(=O)(=O)C(C)(C)C)CC1.CN1CCN(C(C)(C)C)CC1.CN1CCN(S(=O)(=O)C(C)(C)C)CC1. The van der Waals surface area contributed by atoms with Gasteiger partial charge in [0, 0.05) is 133 Å². The number of carbonyl (C=O) groups excluding carboxylic acids is 2. The van der Waals surface area contributed by atoms with Crippen LogP contribution in [-0.4, -0.2) is 305 Å². The van der Waals surface area contributed by atoms with Crippen molar-refractivity contribution in [2.75, 3.05) is 172 Å². The normalized spacial score (nSPS) is 20.6. The van der Waals surface area contributed by atoms with Crippen LogP contribution in [0.2, 0.25) is 0 Å². The van der Waals surface area contributed by atoms with Crippen LogP contribution in [0, 0.1) is 16.2 Å². The number of piperazine rings is 2. The molecule has 1 unspecified atom stereocenters. The van der Waals surface area contributed by atoms with Gasteiger partial charge in [-0.3, -0.25) is 24.4 Å². The van der Waals surface area contributed by atoms with Gasteiger partial charge in [0.15, 0.2) is 16.2 Å². The summed E-state index contributed by atoms with van der Waals surface area (Å²) >= 11 is 0. The predicted octanol–water partition coefficient (Wildman–Crippen LogP) is 15.4. The molecule has 0 aromatic rings. The Labute approximate surface area is 671 Å². The first-order valence-electron chi connectivity index (χ1n) is 41.3. The molecule has 0 aromatic heterocycles. The molecule has 9 heterocycles. The highest BCUT2D eigenvalue weighted by Crippen LogP contribution is 2.30. The van der Waals surface area contributed by atoms with Crippen LogP contribution in [-0.2, 0) is 48.9 Å². The van der Waals surface area contributed by atoms with Crippen LogP contribution >= 0.6 is 0 Å². The number of hydrogen-bond acceptors (Lipinski definition) is 17. The van der Waals surface area contributed by atoms with Gasteiger partial charge in [-0.1, -0.05) is 104 Å². The monoisotopic (exact) mass is 1600 g/mol. The number of hydrogen-bond donors (Lipinski definition) is 0. The van der Waals surface area contributed by atoms with Crippen molar-refractivity contribution in [2.45, 2.75) is 342 Å². The van der Waals surface area contributed by atoms with Crippen LogP contribution in [0.4, 0.5) is 0 Å². The van der Waals surface area contributed by atoms with E-state index in [-0.39, 0.29) is 23.6 Å². The van der Waals surface area contributed by atoms with Crippen LogP contribution in [0.1, 0.15) is 300 Å². The van der Waals surface area contributed by atoms with Gasteiger partial charge in [0.1, 0.15) is 6.61 Å². The number of aliphatic imine (C=N–C) groups is 1. The minimum absolute atomic E-state index is 0. The largest absolute Gasteiger partial charge is 0.482 e. The number of carbonyl (C=O) groups is 2. The lowest BCUT2D eigenvalue weighted by Gasteiger charge is -2.41. The number of nitrogens with zero attached hydrogens (tertiary/aromatic N) is 11. The number of sulfone groups is 1. The Morgan fingerprint density at radius 2 is 0.796 bits per heavy atom. The zero-order valence-corrected chi connectivity index (χ0v) is 79.2. The molecular weight excluding hydrogens is 1420 g/mol. The molecule has 0 saturated carbocycles. The van der Waals surface area contributed by atoms with Crippen molar-refractivity contribution in [1.29, 1.82) is 0 Å². The molecule has 108 heavy (non-hydrogen) atoms. The number of sulfonamides is 2. The number of amides is 2. The molecule has 0 bridgehead atoms. The van der Waals surface area contributed by atoms with E-state index in [2.05, 4.69) is 164 Å². The number of likely N-dealkylation sites (N-methyl/N-ethyl adjacent to an activating group) is 2. The van der Waals surface area contributed by atoms with E-state index in [0.717, 1.165) is 130 Å². The summed E-state index contributed by atoms with van der Waals surface area (Å²) in [5.74, 6) is 0.613. The van der Waals surface area contributed by atoms with Crippen molar-refractivity contribution in [2.24, 2.45) is 21.2 Å². The van der Waals surface area contributed by atoms with E-state index in [1.165, 1.54) is 71.4 Å². The van der Waals surface area contributed by atoms with Crippen molar-refractivity contribution in [1.82, 2.24) is 47.8 Å². The molecule has 8 fully saturated rings. The molecule has 9 aliphatic rings. The second-order valence-corrected chi connectivity index (χ2v) is 47.5. The first kappa shape index (κ1) is 112. The Balaban J connectivity index is -0.000000558. The van der Waals surface area contributed by atoms with Gasteiger partial charge in [-0.2, -0.15) is 4.31 Å². The van der Waals surface area contributed by atoms with Crippen molar-refractivity contribution in [3.05, 3.63) is 0 Å². The molecule has 9 rings (SSSR count). The van der Waals surface area contributed by atoms with Crippen LogP contribution in [0.15, 0.2) is 4.99 Å². The molecular formula is C84H181N11O10S3. The molecule has 8 saturated heterocycles. The molecule has 2 amide bonds.